The molecule has 0 saturated heterocycles. The Bertz CT molecular complexity index is 529. The van der Waals surface area contributed by atoms with Crippen LogP contribution in [0, 0.1) is 17.5 Å². The Morgan fingerprint density at radius 3 is 2.59 bits per heavy atom. The maximum absolute atomic E-state index is 13.2. The lowest BCUT2D eigenvalue weighted by molar-refractivity contribution is 0.602. The molecule has 1 aromatic carbocycles. The number of hydrogen-bond donors (Lipinski definition) is 1. The summed E-state index contributed by atoms with van der Waals surface area (Å²) in [6, 6.07) is 4.38. The smallest absolute Gasteiger partial charge is 0.146 e. The molecule has 0 spiro atoms. The van der Waals surface area contributed by atoms with Gasteiger partial charge in [-0.3, -0.25) is 4.98 Å². The van der Waals surface area contributed by atoms with E-state index in [1.165, 1.54) is 12.3 Å². The second kappa shape index (κ2) is 4.86. The van der Waals surface area contributed by atoms with Gasteiger partial charge in [-0.05, 0) is 29.8 Å². The largest absolute Gasteiger partial charge is 0.378 e. The van der Waals surface area contributed by atoms with Crippen LogP contribution in [0.5, 0.6) is 0 Å². The van der Waals surface area contributed by atoms with Crippen molar-refractivity contribution in [1.29, 1.82) is 0 Å². The summed E-state index contributed by atoms with van der Waals surface area (Å²) in [5, 5.41) is 2.68. The molecule has 0 saturated carbocycles. The fourth-order valence-corrected chi connectivity index (χ4v) is 1.38. The highest BCUT2D eigenvalue weighted by Gasteiger charge is 2.03. The van der Waals surface area contributed by atoms with Gasteiger partial charge in [-0.1, -0.05) is 0 Å². The van der Waals surface area contributed by atoms with Gasteiger partial charge < -0.3 is 5.32 Å². The zero-order valence-electron chi connectivity index (χ0n) is 8.75. The molecule has 17 heavy (non-hydrogen) atoms. The van der Waals surface area contributed by atoms with Gasteiger partial charge in [-0.25, -0.2) is 13.2 Å². The predicted molar refractivity (Wildman–Crippen MR) is 57.9 cm³/mol. The van der Waals surface area contributed by atoms with Crippen LogP contribution >= 0.6 is 0 Å². The molecule has 0 bridgehead atoms. The van der Waals surface area contributed by atoms with Crippen molar-refractivity contribution in [3.05, 3.63) is 59.7 Å². The van der Waals surface area contributed by atoms with Crippen molar-refractivity contribution in [2.75, 3.05) is 5.32 Å². The van der Waals surface area contributed by atoms with E-state index in [1.807, 2.05) is 0 Å². The third-order valence-corrected chi connectivity index (χ3v) is 2.17. The van der Waals surface area contributed by atoms with Crippen LogP contribution in [0.15, 0.2) is 36.7 Å². The summed E-state index contributed by atoms with van der Waals surface area (Å²) in [6.45, 7) is 0.172. The van der Waals surface area contributed by atoms with Crippen LogP contribution in [0.3, 0.4) is 0 Å². The number of aromatic nitrogens is 1. The van der Waals surface area contributed by atoms with Crippen LogP contribution in [0.4, 0.5) is 18.9 Å². The molecule has 1 aromatic heterocycles. The minimum absolute atomic E-state index is 0.0364. The van der Waals surface area contributed by atoms with Gasteiger partial charge in [0.25, 0.3) is 0 Å². The zero-order chi connectivity index (χ0) is 12.3. The molecule has 5 heteroatoms. The van der Waals surface area contributed by atoms with Gasteiger partial charge >= 0.3 is 0 Å². The quantitative estimate of drug-likeness (QED) is 0.888. The summed E-state index contributed by atoms with van der Waals surface area (Å²) < 4.78 is 38.9. The molecule has 0 aliphatic heterocycles. The van der Waals surface area contributed by atoms with Crippen LogP contribution in [0.2, 0.25) is 0 Å². The average Bonchev–Trinajstić information content (AvgIpc) is 2.30. The Balaban J connectivity index is 2.09. The van der Waals surface area contributed by atoms with Gasteiger partial charge in [0.1, 0.15) is 17.5 Å². The normalized spacial score (nSPS) is 10.3. The van der Waals surface area contributed by atoms with Crippen molar-refractivity contribution in [2.24, 2.45) is 0 Å². The first kappa shape index (κ1) is 11.4. The molecule has 2 nitrogen and oxygen atoms in total. The molecule has 88 valence electrons. The highest BCUT2D eigenvalue weighted by molar-refractivity contribution is 5.45. The predicted octanol–water partition coefficient (Wildman–Crippen LogP) is 3.11. The Morgan fingerprint density at radius 1 is 1.00 bits per heavy atom. The Labute approximate surface area is 96.1 Å². The Kier molecular flexibility index (Phi) is 3.27. The van der Waals surface area contributed by atoms with E-state index in [-0.39, 0.29) is 12.2 Å². The van der Waals surface area contributed by atoms with Crippen molar-refractivity contribution in [3.8, 4) is 0 Å². The molecule has 2 aromatic rings. The number of nitrogens with zero attached hydrogens (tertiary/aromatic N) is 1. The first-order chi connectivity index (χ1) is 8.15. The summed E-state index contributed by atoms with van der Waals surface area (Å²) in [5.74, 6) is -1.56. The number of pyridine rings is 1. The van der Waals surface area contributed by atoms with E-state index in [0.29, 0.717) is 5.56 Å². The molecular formula is C12H9F3N2. The number of benzene rings is 1. The van der Waals surface area contributed by atoms with Crippen LogP contribution in [-0.2, 0) is 6.54 Å². The van der Waals surface area contributed by atoms with Crippen LogP contribution in [-0.4, -0.2) is 4.98 Å². The number of nitrogens with one attached hydrogen (secondary N) is 1. The van der Waals surface area contributed by atoms with Crippen LogP contribution in [0.1, 0.15) is 5.56 Å². The van der Waals surface area contributed by atoms with E-state index in [9.17, 15) is 13.2 Å². The van der Waals surface area contributed by atoms with Gasteiger partial charge in [0.05, 0.1) is 11.9 Å². The third kappa shape index (κ3) is 2.96. The number of rotatable bonds is 3. The summed E-state index contributed by atoms with van der Waals surface area (Å²) in [4.78, 5) is 3.65. The van der Waals surface area contributed by atoms with Gasteiger partial charge in [-0.2, -0.15) is 0 Å². The molecule has 0 radical (unpaired) electrons. The minimum atomic E-state index is -0.559. The van der Waals surface area contributed by atoms with Crippen molar-refractivity contribution < 1.29 is 13.2 Å². The first-order valence-electron chi connectivity index (χ1n) is 4.93. The topological polar surface area (TPSA) is 24.9 Å². The van der Waals surface area contributed by atoms with E-state index in [2.05, 4.69) is 10.3 Å². The summed E-state index contributed by atoms with van der Waals surface area (Å²) in [5.41, 5.74) is 0.586. The van der Waals surface area contributed by atoms with Crippen molar-refractivity contribution in [3.63, 3.8) is 0 Å². The molecule has 1 N–H and O–H groups in total. The van der Waals surface area contributed by atoms with E-state index in [0.717, 1.165) is 24.4 Å². The van der Waals surface area contributed by atoms with E-state index >= 15 is 0 Å². The number of hydrogen-bond acceptors (Lipinski definition) is 2. The van der Waals surface area contributed by atoms with Crippen LogP contribution < -0.4 is 5.32 Å². The van der Waals surface area contributed by atoms with Crippen molar-refractivity contribution in [1.82, 2.24) is 4.98 Å². The Hall–Kier alpha value is -2.04. The molecule has 0 unspecified atom stereocenters. The number of halogens is 3. The van der Waals surface area contributed by atoms with E-state index in [4.69, 9.17) is 0 Å². The second-order valence-electron chi connectivity index (χ2n) is 3.49. The fourth-order valence-electron chi connectivity index (χ4n) is 1.38. The molecular weight excluding hydrogens is 229 g/mol. The van der Waals surface area contributed by atoms with Crippen LogP contribution in [0.25, 0.3) is 0 Å². The van der Waals surface area contributed by atoms with Gasteiger partial charge in [-0.15, -0.1) is 0 Å². The van der Waals surface area contributed by atoms with Gasteiger partial charge in [0.2, 0.25) is 0 Å². The van der Waals surface area contributed by atoms with Crippen molar-refractivity contribution >= 4 is 5.69 Å². The molecule has 0 fully saturated rings. The van der Waals surface area contributed by atoms with Gasteiger partial charge in [0.15, 0.2) is 0 Å². The molecule has 0 aliphatic carbocycles. The first-order valence-corrected chi connectivity index (χ1v) is 4.93. The van der Waals surface area contributed by atoms with E-state index < -0.39 is 17.5 Å². The fraction of sp³-hybridized carbons (Fsp3) is 0.0833. The third-order valence-electron chi connectivity index (χ3n) is 2.17. The standard InChI is InChI=1S/C12H9F3N2/c13-9-1-2-11(15)12(4-9)17-6-8-3-10(14)7-16-5-8/h1-5,7,17H,6H2. The molecule has 0 amide bonds. The monoisotopic (exact) mass is 238 g/mol. The maximum Gasteiger partial charge on any atom is 0.146 e. The SMILES string of the molecule is Fc1cncc(CNc2cc(F)ccc2F)c1. The van der Waals surface area contributed by atoms with Crippen molar-refractivity contribution in [2.45, 2.75) is 6.54 Å². The second-order valence-corrected chi connectivity index (χ2v) is 3.49. The molecule has 0 atom stereocenters. The summed E-state index contributed by atoms with van der Waals surface area (Å²) in [7, 11) is 0. The molecule has 1 heterocycles. The van der Waals surface area contributed by atoms with Gasteiger partial charge in [0, 0.05) is 12.7 Å². The summed E-state index contributed by atoms with van der Waals surface area (Å²) >= 11 is 0. The maximum atomic E-state index is 13.2. The molecule has 0 aliphatic rings. The average molecular weight is 238 g/mol. The minimum Gasteiger partial charge on any atom is -0.378 e. The molecule has 2 rings (SSSR count). The zero-order valence-corrected chi connectivity index (χ0v) is 8.75. The highest BCUT2D eigenvalue weighted by Crippen LogP contribution is 2.16. The van der Waals surface area contributed by atoms with E-state index in [1.54, 1.807) is 0 Å². The lowest BCUT2D eigenvalue weighted by atomic mass is 10.2. The Morgan fingerprint density at radius 2 is 1.82 bits per heavy atom. The highest BCUT2D eigenvalue weighted by atomic mass is 19.1. The lowest BCUT2D eigenvalue weighted by Crippen LogP contribution is -2.02. The number of anilines is 1. The summed E-state index contributed by atoms with van der Waals surface area (Å²) in [6.07, 6.45) is 2.53. The lowest BCUT2D eigenvalue weighted by Gasteiger charge is -2.07.